The number of hydrogen-bond acceptors (Lipinski definition) is 5. The normalized spacial score (nSPS) is 12.1. The monoisotopic (exact) mass is 389 g/mol. The molecule has 2 heterocycles. The van der Waals surface area contributed by atoms with E-state index in [2.05, 4.69) is 30.8 Å². The summed E-state index contributed by atoms with van der Waals surface area (Å²) in [7, 11) is 0. The van der Waals surface area contributed by atoms with Gasteiger partial charge in [0.1, 0.15) is 6.04 Å². The Morgan fingerprint density at radius 2 is 1.66 bits per heavy atom. The molecule has 2 aromatic heterocycles. The van der Waals surface area contributed by atoms with Crippen molar-refractivity contribution in [3.05, 3.63) is 100.0 Å². The average molecular weight is 389 g/mol. The lowest BCUT2D eigenvalue weighted by Crippen LogP contribution is -2.28. The Morgan fingerprint density at radius 3 is 2.21 bits per heavy atom. The van der Waals surface area contributed by atoms with Crippen molar-refractivity contribution in [2.24, 2.45) is 0 Å². The van der Waals surface area contributed by atoms with Gasteiger partial charge in [0.2, 0.25) is 0 Å². The molecule has 0 spiro atoms. The van der Waals surface area contributed by atoms with E-state index in [1.807, 2.05) is 60.7 Å². The number of hydrogen-bond donors (Lipinski definition) is 3. The number of amides is 1. The topological polar surface area (TPSA) is 121 Å². The molecule has 0 aliphatic rings. The number of rotatable bonds is 6. The van der Waals surface area contributed by atoms with Gasteiger partial charge in [0.05, 0.1) is 12.2 Å². The van der Waals surface area contributed by atoms with Gasteiger partial charge >= 0.3 is 5.69 Å². The van der Waals surface area contributed by atoms with Gasteiger partial charge in [0.25, 0.3) is 5.91 Å². The quantitative estimate of drug-likeness (QED) is 0.464. The van der Waals surface area contributed by atoms with Crippen LogP contribution in [0.4, 0.5) is 0 Å². The number of carbonyl (C=O) groups excluding carboxylic acids is 1. The molecule has 0 radical (unpaired) electrons. The van der Waals surface area contributed by atoms with Crippen LogP contribution in [0, 0.1) is 0 Å². The van der Waals surface area contributed by atoms with E-state index in [1.54, 1.807) is 17.8 Å². The van der Waals surface area contributed by atoms with Gasteiger partial charge in [0.15, 0.2) is 11.5 Å². The third-order valence-corrected chi connectivity index (χ3v) is 4.52. The molecule has 3 N–H and O–H groups in total. The number of benzene rings is 2. The lowest BCUT2D eigenvalue weighted by molar-refractivity contribution is 0.0933. The Kier molecular flexibility index (Phi) is 5.02. The fraction of sp³-hybridized carbons (Fsp3) is 0.150. The molecule has 0 aliphatic carbocycles. The van der Waals surface area contributed by atoms with Crippen molar-refractivity contribution < 1.29 is 4.79 Å². The Labute approximate surface area is 165 Å². The van der Waals surface area contributed by atoms with Crippen LogP contribution in [0.15, 0.2) is 71.7 Å². The molecule has 4 rings (SSSR count). The maximum atomic E-state index is 12.6. The number of carbonyl (C=O) groups is 1. The molecule has 0 saturated heterocycles. The van der Waals surface area contributed by atoms with Crippen molar-refractivity contribution in [2.45, 2.75) is 19.0 Å². The van der Waals surface area contributed by atoms with Gasteiger partial charge in [-0.25, -0.2) is 14.6 Å². The second-order valence-electron chi connectivity index (χ2n) is 6.57. The van der Waals surface area contributed by atoms with E-state index in [0.29, 0.717) is 5.82 Å². The van der Waals surface area contributed by atoms with Crippen LogP contribution in [0.25, 0.3) is 0 Å². The molecule has 9 nitrogen and oxygen atoms in total. The molecule has 2 aromatic carbocycles. The van der Waals surface area contributed by atoms with E-state index >= 15 is 0 Å². The average Bonchev–Trinajstić information content (AvgIpc) is 3.39. The summed E-state index contributed by atoms with van der Waals surface area (Å²) in [6.07, 6.45) is 1.61. The molecule has 0 aliphatic heterocycles. The van der Waals surface area contributed by atoms with Crippen molar-refractivity contribution >= 4 is 5.91 Å². The maximum Gasteiger partial charge on any atom is 0.340 e. The van der Waals surface area contributed by atoms with E-state index in [4.69, 9.17) is 0 Å². The number of nitrogens with one attached hydrogen (secondary N) is 3. The number of H-pyrrole nitrogens is 2. The fourth-order valence-corrected chi connectivity index (χ4v) is 3.10. The molecular formula is C20H19N7O2. The van der Waals surface area contributed by atoms with Gasteiger partial charge in [-0.2, -0.15) is 5.10 Å². The second kappa shape index (κ2) is 7.93. The summed E-state index contributed by atoms with van der Waals surface area (Å²) in [5.74, 6) is -0.0744. The van der Waals surface area contributed by atoms with Crippen LogP contribution < -0.4 is 11.0 Å². The summed E-state index contributed by atoms with van der Waals surface area (Å²) < 4.78 is 1.67. The first-order valence-electron chi connectivity index (χ1n) is 9.09. The molecule has 1 atom stereocenters. The first-order valence-corrected chi connectivity index (χ1v) is 9.09. The lowest BCUT2D eigenvalue weighted by Gasteiger charge is -2.17. The van der Waals surface area contributed by atoms with Crippen LogP contribution in [-0.2, 0) is 0 Å². The molecule has 0 fully saturated rings. The summed E-state index contributed by atoms with van der Waals surface area (Å²) in [4.78, 5) is 26.3. The van der Waals surface area contributed by atoms with Crippen molar-refractivity contribution in [2.75, 3.05) is 0 Å². The number of aromatic amines is 2. The molecule has 0 unspecified atom stereocenters. The Morgan fingerprint density at radius 1 is 1.03 bits per heavy atom. The van der Waals surface area contributed by atoms with Crippen LogP contribution in [0.5, 0.6) is 0 Å². The molecule has 0 bridgehead atoms. The van der Waals surface area contributed by atoms with Gasteiger partial charge < -0.3 is 5.32 Å². The van der Waals surface area contributed by atoms with Crippen LogP contribution in [0.3, 0.4) is 0 Å². The van der Waals surface area contributed by atoms with Crippen LogP contribution >= 0.6 is 0 Å². The number of nitrogens with zero attached hydrogens (tertiary/aromatic N) is 4. The van der Waals surface area contributed by atoms with E-state index in [0.717, 1.165) is 11.1 Å². The fourth-order valence-electron chi connectivity index (χ4n) is 3.10. The van der Waals surface area contributed by atoms with Crippen LogP contribution in [-0.4, -0.2) is 36.1 Å². The van der Waals surface area contributed by atoms with Crippen LogP contribution in [0.2, 0.25) is 0 Å². The van der Waals surface area contributed by atoms with Gasteiger partial charge in [0, 0.05) is 0 Å². The van der Waals surface area contributed by atoms with Gasteiger partial charge in [-0.3, -0.25) is 9.78 Å². The van der Waals surface area contributed by atoms with Crippen LogP contribution in [0.1, 0.15) is 46.4 Å². The first kappa shape index (κ1) is 18.4. The molecule has 0 saturated carbocycles. The highest BCUT2D eigenvalue weighted by atomic mass is 16.2. The highest BCUT2D eigenvalue weighted by Gasteiger charge is 2.21. The van der Waals surface area contributed by atoms with Gasteiger partial charge in [-0.05, 0) is 18.1 Å². The zero-order valence-corrected chi connectivity index (χ0v) is 15.6. The predicted octanol–water partition coefficient (Wildman–Crippen LogP) is 1.82. The molecular weight excluding hydrogens is 370 g/mol. The molecule has 146 valence electrons. The minimum atomic E-state index is -0.495. The Balaban J connectivity index is 1.60. The number of aromatic nitrogens is 6. The summed E-state index contributed by atoms with van der Waals surface area (Å²) in [6.45, 7) is 1.71. The SMILES string of the molecule is C[C@H](NC(=O)c1cn(C(c2ccccc2)c2ccccc2)nn1)c1n[nH]c(=O)[nH]1. The Bertz CT molecular complexity index is 1110. The molecule has 29 heavy (non-hydrogen) atoms. The zero-order valence-electron chi connectivity index (χ0n) is 15.6. The molecule has 1 amide bonds. The minimum Gasteiger partial charge on any atom is -0.341 e. The maximum absolute atomic E-state index is 12.6. The third-order valence-electron chi connectivity index (χ3n) is 4.52. The standard InChI is InChI=1S/C20H19N7O2/c1-13(18-22-20(29)25-24-18)21-19(28)16-12-27(26-23-16)17(14-8-4-2-5-9-14)15-10-6-3-7-11-15/h2-13,17H,1H3,(H,21,28)(H2,22,24,25,29)/t13-/m0/s1. The lowest BCUT2D eigenvalue weighted by atomic mass is 9.99. The molecule has 9 heteroatoms. The predicted molar refractivity (Wildman–Crippen MR) is 105 cm³/mol. The van der Waals surface area contributed by atoms with Crippen molar-refractivity contribution in [1.29, 1.82) is 0 Å². The largest absolute Gasteiger partial charge is 0.341 e. The third kappa shape index (κ3) is 3.98. The van der Waals surface area contributed by atoms with Gasteiger partial charge in [-0.1, -0.05) is 65.9 Å². The smallest absolute Gasteiger partial charge is 0.340 e. The minimum absolute atomic E-state index is 0.173. The van der Waals surface area contributed by atoms with Crippen molar-refractivity contribution in [1.82, 2.24) is 35.5 Å². The highest BCUT2D eigenvalue weighted by Crippen LogP contribution is 2.25. The van der Waals surface area contributed by atoms with E-state index < -0.39 is 17.6 Å². The first-order chi connectivity index (χ1) is 14.1. The molecule has 4 aromatic rings. The van der Waals surface area contributed by atoms with E-state index in [1.165, 1.54) is 0 Å². The zero-order chi connectivity index (χ0) is 20.2. The van der Waals surface area contributed by atoms with Gasteiger partial charge in [-0.15, -0.1) is 5.10 Å². The summed E-state index contributed by atoms with van der Waals surface area (Å²) in [6, 6.07) is 19.1. The van der Waals surface area contributed by atoms with Crippen molar-refractivity contribution in [3.63, 3.8) is 0 Å². The second-order valence-corrected chi connectivity index (χ2v) is 6.57. The highest BCUT2D eigenvalue weighted by molar-refractivity contribution is 5.92. The summed E-state index contributed by atoms with van der Waals surface area (Å²) in [5, 5.41) is 17.1. The summed E-state index contributed by atoms with van der Waals surface area (Å²) >= 11 is 0. The summed E-state index contributed by atoms with van der Waals surface area (Å²) in [5.41, 5.74) is 1.79. The van der Waals surface area contributed by atoms with Crippen molar-refractivity contribution in [3.8, 4) is 0 Å². The van der Waals surface area contributed by atoms with E-state index in [-0.39, 0.29) is 11.7 Å². The Hall–Kier alpha value is -4.01. The van der Waals surface area contributed by atoms with E-state index in [9.17, 15) is 9.59 Å².